The summed E-state index contributed by atoms with van der Waals surface area (Å²) in [4.78, 5) is 0.362. The van der Waals surface area contributed by atoms with Crippen molar-refractivity contribution in [3.05, 3.63) is 29.3 Å². The Morgan fingerprint density at radius 2 is 2.10 bits per heavy atom. The van der Waals surface area contributed by atoms with Gasteiger partial charge in [-0.25, -0.2) is 13.1 Å². The quantitative estimate of drug-likeness (QED) is 0.874. The minimum atomic E-state index is -3.41. The molecule has 0 spiro atoms. The molecule has 4 nitrogen and oxygen atoms in total. The lowest BCUT2D eigenvalue weighted by atomic mass is 10.1. The fraction of sp³-hybridized carbons (Fsp3) is 0.600. The normalized spacial score (nSPS) is 23.1. The minimum absolute atomic E-state index is 0.362. The molecule has 20 heavy (non-hydrogen) atoms. The molecule has 0 aromatic heterocycles. The highest BCUT2D eigenvalue weighted by Crippen LogP contribution is 2.30. The van der Waals surface area contributed by atoms with Crippen molar-refractivity contribution in [2.75, 3.05) is 6.54 Å². The fourth-order valence-electron chi connectivity index (χ4n) is 2.96. The molecule has 1 aromatic rings. The van der Waals surface area contributed by atoms with Crippen LogP contribution in [0, 0.1) is 18.8 Å². The highest BCUT2D eigenvalue weighted by molar-refractivity contribution is 7.89. The molecular formula is C15H24N2O2S. The summed E-state index contributed by atoms with van der Waals surface area (Å²) in [6.45, 7) is 5.01. The molecule has 0 aliphatic heterocycles. The van der Waals surface area contributed by atoms with E-state index in [2.05, 4.69) is 11.6 Å². The van der Waals surface area contributed by atoms with Crippen LogP contribution in [-0.4, -0.2) is 15.0 Å². The van der Waals surface area contributed by atoms with Crippen LogP contribution in [-0.2, 0) is 16.6 Å². The summed E-state index contributed by atoms with van der Waals surface area (Å²) in [7, 11) is -3.41. The number of nitrogens with one attached hydrogen (secondary N) is 1. The highest BCUT2D eigenvalue weighted by Gasteiger charge is 2.24. The molecule has 112 valence electrons. The van der Waals surface area contributed by atoms with Crippen LogP contribution in [0.5, 0.6) is 0 Å². The van der Waals surface area contributed by atoms with E-state index in [4.69, 9.17) is 5.73 Å². The summed E-state index contributed by atoms with van der Waals surface area (Å²) in [6, 6.07) is 5.27. The Hall–Kier alpha value is -0.910. The number of hydrogen-bond acceptors (Lipinski definition) is 3. The van der Waals surface area contributed by atoms with Crippen molar-refractivity contribution in [3.63, 3.8) is 0 Å². The van der Waals surface area contributed by atoms with Crippen LogP contribution in [0.3, 0.4) is 0 Å². The van der Waals surface area contributed by atoms with Gasteiger partial charge in [0.25, 0.3) is 0 Å². The Balaban J connectivity index is 2.06. The molecule has 1 fully saturated rings. The fourth-order valence-corrected chi connectivity index (χ4v) is 4.30. The first-order valence-corrected chi connectivity index (χ1v) is 8.70. The van der Waals surface area contributed by atoms with Gasteiger partial charge in [0.1, 0.15) is 0 Å². The Morgan fingerprint density at radius 1 is 1.35 bits per heavy atom. The third-order valence-electron chi connectivity index (χ3n) is 4.13. The third kappa shape index (κ3) is 3.59. The first-order chi connectivity index (χ1) is 9.42. The van der Waals surface area contributed by atoms with E-state index in [9.17, 15) is 8.42 Å². The van der Waals surface area contributed by atoms with E-state index in [-0.39, 0.29) is 0 Å². The number of aryl methyl sites for hydroxylation is 1. The van der Waals surface area contributed by atoms with Gasteiger partial charge in [0, 0.05) is 13.1 Å². The standard InChI is InChI=1S/C15H24N2O2S/c1-11-3-4-14(7-11)10-17-20(18,19)15-6-5-13(9-16)8-12(15)2/h5-6,8,11,14,17H,3-4,7,9-10,16H2,1-2H3. The maximum atomic E-state index is 12.3. The van der Waals surface area contributed by atoms with E-state index in [1.165, 1.54) is 6.42 Å². The van der Waals surface area contributed by atoms with E-state index in [1.54, 1.807) is 12.1 Å². The van der Waals surface area contributed by atoms with Gasteiger partial charge >= 0.3 is 0 Å². The van der Waals surface area contributed by atoms with E-state index < -0.39 is 10.0 Å². The van der Waals surface area contributed by atoms with Crippen LogP contribution in [0.4, 0.5) is 0 Å². The smallest absolute Gasteiger partial charge is 0.240 e. The molecule has 2 unspecified atom stereocenters. The number of hydrogen-bond donors (Lipinski definition) is 2. The Bertz CT molecular complexity index is 569. The molecule has 2 atom stereocenters. The summed E-state index contributed by atoms with van der Waals surface area (Å²) in [6.07, 6.45) is 3.44. The van der Waals surface area contributed by atoms with Crippen LogP contribution >= 0.6 is 0 Å². The van der Waals surface area contributed by atoms with Gasteiger partial charge in [0.05, 0.1) is 4.90 Å². The molecule has 0 bridgehead atoms. The lowest BCUT2D eigenvalue weighted by Crippen LogP contribution is -2.29. The predicted molar refractivity (Wildman–Crippen MR) is 80.8 cm³/mol. The predicted octanol–water partition coefficient (Wildman–Crippen LogP) is 2.17. The monoisotopic (exact) mass is 296 g/mol. The van der Waals surface area contributed by atoms with Gasteiger partial charge in [-0.3, -0.25) is 0 Å². The lowest BCUT2D eigenvalue weighted by molar-refractivity contribution is 0.498. The first kappa shape index (κ1) is 15.5. The second-order valence-electron chi connectivity index (χ2n) is 5.94. The van der Waals surface area contributed by atoms with Gasteiger partial charge in [-0.2, -0.15) is 0 Å². The molecule has 1 aliphatic rings. The topological polar surface area (TPSA) is 72.2 Å². The van der Waals surface area contributed by atoms with Crippen molar-refractivity contribution < 1.29 is 8.42 Å². The van der Waals surface area contributed by atoms with Crippen molar-refractivity contribution in [2.45, 2.75) is 44.6 Å². The Morgan fingerprint density at radius 3 is 2.65 bits per heavy atom. The number of benzene rings is 1. The number of sulfonamides is 1. The van der Waals surface area contributed by atoms with Gasteiger partial charge < -0.3 is 5.73 Å². The van der Waals surface area contributed by atoms with E-state index in [1.807, 2.05) is 13.0 Å². The molecule has 0 heterocycles. The Kier molecular flexibility index (Phi) is 4.83. The summed E-state index contributed by atoms with van der Waals surface area (Å²) < 4.78 is 27.5. The molecule has 3 N–H and O–H groups in total. The zero-order valence-electron chi connectivity index (χ0n) is 12.2. The van der Waals surface area contributed by atoms with Crippen molar-refractivity contribution >= 4 is 10.0 Å². The molecule has 0 saturated heterocycles. The SMILES string of the molecule is Cc1cc(CN)ccc1S(=O)(=O)NCC1CCC(C)C1. The maximum Gasteiger partial charge on any atom is 0.240 e. The second kappa shape index (κ2) is 6.24. The molecule has 0 amide bonds. The van der Waals surface area contributed by atoms with Crippen molar-refractivity contribution in [2.24, 2.45) is 17.6 Å². The van der Waals surface area contributed by atoms with Crippen LogP contribution < -0.4 is 10.5 Å². The van der Waals surface area contributed by atoms with E-state index >= 15 is 0 Å². The number of nitrogens with two attached hydrogens (primary N) is 1. The van der Waals surface area contributed by atoms with Gasteiger partial charge in [-0.05, 0) is 48.8 Å². The minimum Gasteiger partial charge on any atom is -0.326 e. The van der Waals surface area contributed by atoms with E-state index in [0.717, 1.165) is 29.9 Å². The Labute approximate surface area is 121 Å². The van der Waals surface area contributed by atoms with Gasteiger partial charge in [-0.1, -0.05) is 25.5 Å². The van der Waals surface area contributed by atoms with Crippen LogP contribution in [0.25, 0.3) is 0 Å². The second-order valence-corrected chi connectivity index (χ2v) is 7.68. The number of rotatable bonds is 5. The summed E-state index contributed by atoms with van der Waals surface area (Å²) in [5.41, 5.74) is 7.27. The first-order valence-electron chi connectivity index (χ1n) is 7.21. The van der Waals surface area contributed by atoms with Gasteiger partial charge in [0.15, 0.2) is 0 Å². The highest BCUT2D eigenvalue weighted by atomic mass is 32.2. The molecule has 1 aromatic carbocycles. The van der Waals surface area contributed by atoms with E-state index in [0.29, 0.717) is 23.9 Å². The zero-order valence-corrected chi connectivity index (χ0v) is 13.0. The van der Waals surface area contributed by atoms with Crippen molar-refractivity contribution in [3.8, 4) is 0 Å². The largest absolute Gasteiger partial charge is 0.326 e. The molecule has 0 radical (unpaired) electrons. The maximum absolute atomic E-state index is 12.3. The van der Waals surface area contributed by atoms with Crippen LogP contribution in [0.1, 0.15) is 37.3 Å². The van der Waals surface area contributed by atoms with Crippen LogP contribution in [0.15, 0.2) is 23.1 Å². The molecular weight excluding hydrogens is 272 g/mol. The molecule has 1 saturated carbocycles. The molecule has 1 aliphatic carbocycles. The van der Waals surface area contributed by atoms with Crippen molar-refractivity contribution in [1.82, 2.24) is 4.72 Å². The third-order valence-corrected chi connectivity index (χ3v) is 5.71. The molecule has 2 rings (SSSR count). The van der Waals surface area contributed by atoms with Gasteiger partial charge in [0.2, 0.25) is 10.0 Å². The summed E-state index contributed by atoms with van der Waals surface area (Å²) >= 11 is 0. The zero-order chi connectivity index (χ0) is 14.8. The summed E-state index contributed by atoms with van der Waals surface area (Å²) in [5, 5.41) is 0. The lowest BCUT2D eigenvalue weighted by Gasteiger charge is -2.13. The van der Waals surface area contributed by atoms with Gasteiger partial charge in [-0.15, -0.1) is 0 Å². The molecule has 5 heteroatoms. The summed E-state index contributed by atoms with van der Waals surface area (Å²) in [5.74, 6) is 1.19. The average Bonchev–Trinajstić information content (AvgIpc) is 2.82. The van der Waals surface area contributed by atoms with Crippen molar-refractivity contribution in [1.29, 1.82) is 0 Å². The average molecular weight is 296 g/mol. The van der Waals surface area contributed by atoms with Crippen LogP contribution in [0.2, 0.25) is 0 Å².